The summed E-state index contributed by atoms with van der Waals surface area (Å²) in [4.78, 5) is 10.6. The normalized spacial score (nSPS) is 10.6. The van der Waals surface area contributed by atoms with Gasteiger partial charge in [-0.3, -0.25) is 0 Å². The van der Waals surface area contributed by atoms with Gasteiger partial charge in [0, 0.05) is 11.6 Å². The Morgan fingerprint density at radius 3 is 1.50 bits per heavy atom. The maximum atomic E-state index is 10.6. The maximum Gasteiger partial charge on any atom is 0.504 e. The molecular weight excluding hydrogens is 220 g/mol. The van der Waals surface area contributed by atoms with Gasteiger partial charge in [-0.2, -0.15) is 4.79 Å². The van der Waals surface area contributed by atoms with E-state index in [1.165, 1.54) is 64.2 Å². The van der Waals surface area contributed by atoms with Gasteiger partial charge in [-0.05, 0) is 6.42 Å². The second-order valence-corrected chi connectivity index (χ2v) is 5.18. The molecule has 0 saturated carbocycles. The van der Waals surface area contributed by atoms with E-state index in [1.54, 1.807) is 0 Å². The van der Waals surface area contributed by atoms with Gasteiger partial charge in [0.25, 0.3) is 0 Å². The molecule has 0 aliphatic carbocycles. The van der Waals surface area contributed by atoms with Crippen LogP contribution in [0, 0.1) is 11.6 Å². The van der Waals surface area contributed by atoms with Crippen molar-refractivity contribution in [3.8, 4) is 0 Å². The van der Waals surface area contributed by atoms with Crippen LogP contribution in [-0.2, 0) is 4.79 Å². The van der Waals surface area contributed by atoms with E-state index >= 15 is 0 Å². The molecular formula is C14H29ClO+2. The van der Waals surface area contributed by atoms with Crippen LogP contribution in [-0.4, -0.2) is 5.24 Å². The van der Waals surface area contributed by atoms with Gasteiger partial charge >= 0.3 is 5.24 Å². The molecule has 0 N–H and O–H groups in total. The lowest BCUT2D eigenvalue weighted by Crippen LogP contribution is -1.90. The molecule has 0 spiro atoms. The lowest BCUT2D eigenvalue weighted by atomic mass is 10.1. The van der Waals surface area contributed by atoms with Crippen molar-refractivity contribution in [2.45, 2.75) is 84.0 Å². The lowest BCUT2D eigenvalue weighted by Gasteiger charge is -2.01. The van der Waals surface area contributed by atoms with Crippen LogP contribution in [0.4, 0.5) is 0 Å². The molecule has 0 aliphatic rings. The molecule has 16 heavy (non-hydrogen) atoms. The van der Waals surface area contributed by atoms with Crippen LogP contribution >= 0.6 is 0 Å². The third kappa shape index (κ3) is 14.0. The van der Waals surface area contributed by atoms with Crippen LogP contribution in [0.2, 0.25) is 0 Å². The minimum absolute atomic E-state index is 0.0379. The molecule has 0 aromatic heterocycles. The zero-order valence-electron chi connectivity index (χ0n) is 10.8. The van der Waals surface area contributed by atoms with E-state index in [-0.39, 0.29) is 5.24 Å². The molecule has 0 aliphatic heterocycles. The molecule has 2 heteroatoms. The summed E-state index contributed by atoms with van der Waals surface area (Å²) < 4.78 is 0. The summed E-state index contributed by atoms with van der Waals surface area (Å²) in [6, 6.07) is 0. The number of rotatable bonds is 12. The minimum Gasteiger partial charge on any atom is -0.180 e. The van der Waals surface area contributed by atoms with E-state index in [0.29, 0.717) is 6.42 Å². The molecule has 0 heterocycles. The molecule has 0 amide bonds. The predicted octanol–water partition coefficient (Wildman–Crippen LogP) is 4.23. The number of carbonyl (C=O) groups is 1. The first kappa shape index (κ1) is 16.0. The van der Waals surface area contributed by atoms with Crippen molar-refractivity contribution < 1.29 is 16.4 Å². The largest absolute Gasteiger partial charge is 0.504 e. The second kappa shape index (κ2) is 13.0. The van der Waals surface area contributed by atoms with Gasteiger partial charge in [0.15, 0.2) is 0 Å². The Kier molecular flexibility index (Phi) is 13.0. The third-order valence-corrected chi connectivity index (χ3v) is 3.22. The molecule has 0 atom stereocenters. The SMILES string of the molecule is CCCCCCCCCCCCCC(=O)[ClH2+2]. The van der Waals surface area contributed by atoms with Crippen LogP contribution in [0.1, 0.15) is 84.0 Å². The van der Waals surface area contributed by atoms with Crippen molar-refractivity contribution in [1.82, 2.24) is 0 Å². The van der Waals surface area contributed by atoms with Crippen LogP contribution < -0.4 is 0 Å². The van der Waals surface area contributed by atoms with Crippen molar-refractivity contribution in [2.24, 2.45) is 0 Å². The number of halogens is 1. The van der Waals surface area contributed by atoms with Crippen LogP contribution in [0.25, 0.3) is 0 Å². The van der Waals surface area contributed by atoms with Gasteiger partial charge in [0.2, 0.25) is 0 Å². The molecule has 96 valence electrons. The van der Waals surface area contributed by atoms with Crippen LogP contribution in [0.5, 0.6) is 0 Å². The van der Waals surface area contributed by atoms with E-state index < -0.39 is 0 Å². The Hall–Kier alpha value is -0.0400. The van der Waals surface area contributed by atoms with E-state index in [9.17, 15) is 4.79 Å². The topological polar surface area (TPSA) is 17.1 Å². The maximum absolute atomic E-state index is 10.6. The highest BCUT2D eigenvalue weighted by atomic mass is 35.5. The molecule has 0 radical (unpaired) electrons. The van der Waals surface area contributed by atoms with E-state index in [1.807, 2.05) is 0 Å². The average Bonchev–Trinajstić information content (AvgIpc) is 2.25. The molecule has 0 saturated heterocycles. The predicted molar refractivity (Wildman–Crippen MR) is 68.9 cm³/mol. The zero-order chi connectivity index (χ0) is 12.1. The van der Waals surface area contributed by atoms with E-state index in [0.717, 1.165) is 6.42 Å². The minimum atomic E-state index is 0.0379. The fourth-order valence-corrected chi connectivity index (χ4v) is 2.10. The van der Waals surface area contributed by atoms with Crippen LogP contribution in [0.3, 0.4) is 0 Å². The fourth-order valence-electron chi connectivity index (χ4n) is 1.94. The Morgan fingerprint density at radius 2 is 1.12 bits per heavy atom. The molecule has 0 fully saturated rings. The number of hydrogen-bond donors (Lipinski definition) is 0. The van der Waals surface area contributed by atoms with Crippen molar-refractivity contribution in [3.05, 3.63) is 0 Å². The van der Waals surface area contributed by atoms with Crippen molar-refractivity contribution >= 4 is 5.24 Å². The summed E-state index contributed by atoms with van der Waals surface area (Å²) in [5.74, 6) is 0. The summed E-state index contributed by atoms with van der Waals surface area (Å²) in [7, 11) is 0. The van der Waals surface area contributed by atoms with Gasteiger partial charge < -0.3 is 0 Å². The first-order valence-electron chi connectivity index (χ1n) is 6.99. The van der Waals surface area contributed by atoms with Crippen molar-refractivity contribution in [2.75, 3.05) is 0 Å². The third-order valence-electron chi connectivity index (χ3n) is 2.99. The first-order chi connectivity index (χ1) is 7.77. The summed E-state index contributed by atoms with van der Waals surface area (Å²) in [6.07, 6.45) is 15.3. The summed E-state index contributed by atoms with van der Waals surface area (Å²) in [5.41, 5.74) is 0. The Morgan fingerprint density at radius 1 is 0.750 bits per heavy atom. The zero-order valence-corrected chi connectivity index (χ0v) is 11.7. The molecule has 0 bridgehead atoms. The van der Waals surface area contributed by atoms with Gasteiger partial charge in [0.05, 0.1) is 0 Å². The highest BCUT2D eigenvalue weighted by molar-refractivity contribution is 5.63. The monoisotopic (exact) mass is 248 g/mol. The Bertz CT molecular complexity index is 157. The van der Waals surface area contributed by atoms with Crippen LogP contribution in [0.15, 0.2) is 0 Å². The van der Waals surface area contributed by atoms with Gasteiger partial charge in [0.1, 0.15) is 6.42 Å². The van der Waals surface area contributed by atoms with Crippen molar-refractivity contribution in [3.63, 3.8) is 0 Å². The van der Waals surface area contributed by atoms with E-state index in [4.69, 9.17) is 0 Å². The molecule has 0 unspecified atom stereocenters. The average molecular weight is 249 g/mol. The molecule has 0 aromatic rings. The van der Waals surface area contributed by atoms with E-state index in [2.05, 4.69) is 18.5 Å². The fraction of sp³-hybridized carbons (Fsp3) is 0.929. The molecule has 0 rings (SSSR count). The van der Waals surface area contributed by atoms with Gasteiger partial charge in [-0.1, -0.05) is 71.1 Å². The number of unbranched alkanes of at least 4 members (excludes halogenated alkanes) is 10. The molecule has 1 nitrogen and oxygen atoms in total. The Balaban J connectivity index is 2.90. The van der Waals surface area contributed by atoms with Gasteiger partial charge in [-0.15, -0.1) is 0 Å². The lowest BCUT2D eigenvalue weighted by molar-refractivity contribution is -0.305. The number of carbonyl (C=O) groups excluding carboxylic acids is 1. The first-order valence-corrected chi connectivity index (χ1v) is 7.44. The number of hydrogen-bond acceptors (Lipinski definition) is 1. The van der Waals surface area contributed by atoms with Crippen molar-refractivity contribution in [1.29, 1.82) is 0 Å². The summed E-state index contributed by atoms with van der Waals surface area (Å²) in [5, 5.41) is 0.0379. The standard InChI is InChI=1S/C14H29ClO/c1-2-3-4-5-6-7-8-9-10-11-12-13-14(15)16/h2-13,15H2,1H3/q+2. The summed E-state index contributed by atoms with van der Waals surface area (Å²) >= 11 is 3.76. The quantitative estimate of drug-likeness (QED) is 0.373. The Labute approximate surface area is 106 Å². The summed E-state index contributed by atoms with van der Waals surface area (Å²) in [6.45, 7) is 2.26. The smallest absolute Gasteiger partial charge is 0.180 e. The van der Waals surface area contributed by atoms with Gasteiger partial charge in [-0.25, -0.2) is 0 Å². The highest BCUT2D eigenvalue weighted by Crippen LogP contribution is 2.11. The molecule has 0 aromatic carbocycles. The highest BCUT2D eigenvalue weighted by Gasteiger charge is 2.06. The second-order valence-electron chi connectivity index (χ2n) is 4.68.